The number of rotatable bonds is 3. The zero-order valence-corrected chi connectivity index (χ0v) is 10.7. The van der Waals surface area contributed by atoms with Crippen LogP contribution in [-0.2, 0) is 16.9 Å². The molecule has 6 heteroatoms. The molecule has 1 aromatic heterocycles. The lowest BCUT2D eigenvalue weighted by Crippen LogP contribution is -2.27. The Hall–Kier alpha value is -1.30. The first-order valence-corrected chi connectivity index (χ1v) is 6.61. The summed E-state index contributed by atoms with van der Waals surface area (Å²) in [5.41, 5.74) is 0.595. The number of aryl methyl sites for hydroxylation is 1. The Morgan fingerprint density at radius 3 is 2.44 bits per heavy atom. The van der Waals surface area contributed by atoms with Gasteiger partial charge in [-0.05, 0) is 13.0 Å². The molecule has 0 saturated heterocycles. The smallest absolute Gasteiger partial charge is 0.271 e. The molecule has 0 aromatic carbocycles. The Morgan fingerprint density at radius 1 is 1.44 bits per heavy atom. The van der Waals surface area contributed by atoms with Crippen LogP contribution in [0.15, 0.2) is 15.8 Å². The third-order valence-corrected chi connectivity index (χ3v) is 4.36. The lowest BCUT2D eigenvalue weighted by molar-refractivity contribution is 0.594. The number of aromatic nitrogens is 1. The Kier molecular flexibility index (Phi) is 3.42. The molecule has 0 aliphatic carbocycles. The van der Waals surface area contributed by atoms with Crippen LogP contribution >= 0.6 is 0 Å². The van der Waals surface area contributed by atoms with E-state index in [1.807, 2.05) is 0 Å². The van der Waals surface area contributed by atoms with Gasteiger partial charge < -0.3 is 9.88 Å². The Balaban J connectivity index is 3.75. The zero-order valence-electron chi connectivity index (χ0n) is 9.86. The molecule has 0 saturated carbocycles. The maximum Gasteiger partial charge on any atom is 0.271 e. The summed E-state index contributed by atoms with van der Waals surface area (Å²) in [6, 6.07) is 1.66. The average Bonchev–Trinajstić information content (AvgIpc) is 2.24. The first kappa shape index (κ1) is 12.8. The summed E-state index contributed by atoms with van der Waals surface area (Å²) in [6.07, 6.45) is 0. The second-order valence-electron chi connectivity index (χ2n) is 3.55. The SMILES string of the molecule is CCS(=O)(=O)c1c(NC)cc(C)n(C)c1=O. The molecule has 16 heavy (non-hydrogen) atoms. The fourth-order valence-corrected chi connectivity index (χ4v) is 2.62. The topological polar surface area (TPSA) is 68.2 Å². The van der Waals surface area contributed by atoms with Crippen molar-refractivity contribution in [2.75, 3.05) is 18.1 Å². The van der Waals surface area contributed by atoms with Gasteiger partial charge in [-0.1, -0.05) is 6.92 Å². The first-order valence-electron chi connectivity index (χ1n) is 4.96. The molecule has 1 N–H and O–H groups in total. The normalized spacial score (nSPS) is 11.5. The van der Waals surface area contributed by atoms with Crippen molar-refractivity contribution in [1.29, 1.82) is 0 Å². The Morgan fingerprint density at radius 2 is 2.00 bits per heavy atom. The van der Waals surface area contributed by atoms with E-state index in [0.717, 1.165) is 0 Å². The van der Waals surface area contributed by atoms with E-state index in [1.54, 1.807) is 27.1 Å². The Labute approximate surface area is 95.0 Å². The molecule has 0 radical (unpaired) electrons. The molecule has 0 aliphatic rings. The van der Waals surface area contributed by atoms with E-state index in [-0.39, 0.29) is 10.6 Å². The summed E-state index contributed by atoms with van der Waals surface area (Å²) < 4.78 is 25.0. The fraction of sp³-hybridized carbons (Fsp3) is 0.500. The summed E-state index contributed by atoms with van der Waals surface area (Å²) in [7, 11) is -0.345. The summed E-state index contributed by atoms with van der Waals surface area (Å²) in [5.74, 6) is -0.0834. The molecule has 0 bridgehead atoms. The van der Waals surface area contributed by atoms with Crippen molar-refractivity contribution in [2.24, 2.45) is 7.05 Å². The van der Waals surface area contributed by atoms with Gasteiger partial charge in [-0.25, -0.2) is 8.42 Å². The third kappa shape index (κ3) is 1.97. The van der Waals surface area contributed by atoms with E-state index >= 15 is 0 Å². The van der Waals surface area contributed by atoms with Crippen molar-refractivity contribution in [2.45, 2.75) is 18.7 Å². The molecule has 0 atom stereocenters. The van der Waals surface area contributed by atoms with Gasteiger partial charge in [0.1, 0.15) is 0 Å². The molecule has 0 unspecified atom stereocenters. The molecule has 0 fully saturated rings. The van der Waals surface area contributed by atoms with Crippen LogP contribution in [0.25, 0.3) is 0 Å². The highest BCUT2D eigenvalue weighted by Gasteiger charge is 2.22. The zero-order chi connectivity index (χ0) is 12.5. The summed E-state index contributed by atoms with van der Waals surface area (Å²) in [6.45, 7) is 3.28. The van der Waals surface area contributed by atoms with Crippen molar-refractivity contribution in [3.8, 4) is 0 Å². The lowest BCUT2D eigenvalue weighted by Gasteiger charge is -2.12. The summed E-state index contributed by atoms with van der Waals surface area (Å²) >= 11 is 0. The maximum absolute atomic E-state index is 11.9. The molecule has 0 aliphatic heterocycles. The number of nitrogens with zero attached hydrogens (tertiary/aromatic N) is 1. The van der Waals surface area contributed by atoms with Gasteiger partial charge in [-0.15, -0.1) is 0 Å². The van der Waals surface area contributed by atoms with Crippen LogP contribution in [0.5, 0.6) is 0 Å². The number of hydrogen-bond donors (Lipinski definition) is 1. The lowest BCUT2D eigenvalue weighted by atomic mass is 10.3. The van der Waals surface area contributed by atoms with Gasteiger partial charge in [0.25, 0.3) is 5.56 Å². The van der Waals surface area contributed by atoms with Crippen molar-refractivity contribution in [3.63, 3.8) is 0 Å². The summed E-state index contributed by atoms with van der Waals surface area (Å²) in [4.78, 5) is 11.8. The predicted octanol–water partition coefficient (Wildman–Crippen LogP) is 0.529. The van der Waals surface area contributed by atoms with Crippen molar-refractivity contribution in [1.82, 2.24) is 4.57 Å². The van der Waals surface area contributed by atoms with E-state index in [4.69, 9.17) is 0 Å². The van der Waals surface area contributed by atoms with E-state index in [0.29, 0.717) is 11.4 Å². The van der Waals surface area contributed by atoms with Crippen molar-refractivity contribution in [3.05, 3.63) is 22.1 Å². The molecule has 1 aromatic rings. The van der Waals surface area contributed by atoms with Gasteiger partial charge in [-0.2, -0.15) is 0 Å². The van der Waals surface area contributed by atoms with Crippen LogP contribution in [0.4, 0.5) is 5.69 Å². The largest absolute Gasteiger partial charge is 0.387 e. The van der Waals surface area contributed by atoms with Crippen molar-refractivity contribution < 1.29 is 8.42 Å². The van der Waals surface area contributed by atoms with E-state index in [2.05, 4.69) is 5.32 Å². The minimum atomic E-state index is -3.51. The number of nitrogens with one attached hydrogen (secondary N) is 1. The number of anilines is 1. The van der Waals surface area contributed by atoms with Gasteiger partial charge >= 0.3 is 0 Å². The standard InChI is InChI=1S/C10H16N2O3S/c1-5-16(14,15)9-8(11-3)6-7(2)12(4)10(9)13/h6,11H,5H2,1-4H3. The average molecular weight is 244 g/mol. The van der Waals surface area contributed by atoms with Crippen LogP contribution in [0, 0.1) is 6.92 Å². The Bertz CT molecular complexity index is 558. The van der Waals surface area contributed by atoms with Gasteiger partial charge in [0.15, 0.2) is 14.7 Å². The van der Waals surface area contributed by atoms with Crippen LogP contribution in [0.1, 0.15) is 12.6 Å². The minimum absolute atomic E-state index is 0.0834. The molecule has 90 valence electrons. The molecular formula is C10H16N2O3S. The van der Waals surface area contributed by atoms with Crippen LogP contribution < -0.4 is 10.9 Å². The fourth-order valence-electron chi connectivity index (χ4n) is 1.43. The molecule has 0 amide bonds. The number of sulfone groups is 1. The van der Waals surface area contributed by atoms with Gasteiger partial charge in [0.2, 0.25) is 0 Å². The quantitative estimate of drug-likeness (QED) is 0.842. The minimum Gasteiger partial charge on any atom is -0.387 e. The van der Waals surface area contributed by atoms with Gasteiger partial charge in [-0.3, -0.25) is 4.79 Å². The molecule has 1 rings (SSSR count). The molecular weight excluding hydrogens is 228 g/mol. The summed E-state index contributed by atoms with van der Waals surface area (Å²) in [5, 5.41) is 2.75. The third-order valence-electron chi connectivity index (χ3n) is 2.59. The van der Waals surface area contributed by atoms with Gasteiger partial charge in [0, 0.05) is 19.8 Å². The predicted molar refractivity (Wildman–Crippen MR) is 63.7 cm³/mol. The highest BCUT2D eigenvalue weighted by molar-refractivity contribution is 7.91. The highest BCUT2D eigenvalue weighted by atomic mass is 32.2. The second kappa shape index (κ2) is 4.29. The van der Waals surface area contributed by atoms with E-state index in [1.165, 1.54) is 11.5 Å². The van der Waals surface area contributed by atoms with Crippen LogP contribution in [0.3, 0.4) is 0 Å². The highest BCUT2D eigenvalue weighted by Crippen LogP contribution is 2.18. The second-order valence-corrected chi connectivity index (χ2v) is 5.76. The molecule has 1 heterocycles. The number of pyridine rings is 1. The van der Waals surface area contributed by atoms with Gasteiger partial charge in [0.05, 0.1) is 11.4 Å². The van der Waals surface area contributed by atoms with Crippen molar-refractivity contribution >= 4 is 15.5 Å². The van der Waals surface area contributed by atoms with Crippen LogP contribution in [-0.4, -0.2) is 25.8 Å². The first-order chi connectivity index (χ1) is 7.35. The molecule has 5 nitrogen and oxygen atoms in total. The van der Waals surface area contributed by atoms with E-state index in [9.17, 15) is 13.2 Å². The monoisotopic (exact) mass is 244 g/mol. The molecule has 0 spiro atoms. The maximum atomic E-state index is 11.9. The van der Waals surface area contributed by atoms with E-state index < -0.39 is 15.4 Å². The number of hydrogen-bond acceptors (Lipinski definition) is 4. The van der Waals surface area contributed by atoms with Crippen LogP contribution in [0.2, 0.25) is 0 Å².